The summed E-state index contributed by atoms with van der Waals surface area (Å²) in [6.45, 7) is 1.44. The van der Waals surface area contributed by atoms with Gasteiger partial charge in [-0.05, 0) is 30.3 Å². The van der Waals surface area contributed by atoms with Crippen LogP contribution in [0.2, 0.25) is 0 Å². The third-order valence-corrected chi connectivity index (χ3v) is 4.95. The van der Waals surface area contributed by atoms with Crippen molar-refractivity contribution in [2.24, 2.45) is 0 Å². The molecule has 0 aliphatic rings. The molecule has 2 aromatic carbocycles. The monoisotopic (exact) mass is 427 g/mol. The predicted octanol–water partition coefficient (Wildman–Crippen LogP) is 4.83. The van der Waals surface area contributed by atoms with Crippen LogP contribution in [0, 0.1) is 0 Å². The highest BCUT2D eigenvalue weighted by Gasteiger charge is 2.15. The van der Waals surface area contributed by atoms with Crippen LogP contribution in [-0.4, -0.2) is 26.8 Å². The van der Waals surface area contributed by atoms with Crippen molar-refractivity contribution in [3.63, 3.8) is 0 Å². The van der Waals surface area contributed by atoms with Crippen molar-refractivity contribution < 1.29 is 18.4 Å². The van der Waals surface area contributed by atoms with Crippen LogP contribution >= 0.6 is 11.3 Å². The number of nitrogens with zero attached hydrogens (tertiary/aromatic N) is 2. The highest BCUT2D eigenvalue weighted by Crippen LogP contribution is 2.27. The number of carbonyl (C=O) groups is 2. The number of thiazole rings is 1. The first kappa shape index (κ1) is 19.6. The molecule has 30 heavy (non-hydrogen) atoms. The molecule has 0 saturated carbocycles. The number of H-pyrrole nitrogens is 1. The van der Waals surface area contributed by atoms with Crippen LogP contribution in [0.15, 0.2) is 47.8 Å². The molecule has 7 nitrogen and oxygen atoms in total. The molecule has 2 aromatic heterocycles. The largest absolute Gasteiger partial charge is 0.337 e. The minimum atomic E-state index is -2.71. The first-order valence-corrected chi connectivity index (χ1v) is 9.70. The van der Waals surface area contributed by atoms with Crippen LogP contribution in [0.3, 0.4) is 0 Å². The summed E-state index contributed by atoms with van der Waals surface area (Å²) in [5, 5.41) is 7.60. The highest BCUT2D eigenvalue weighted by molar-refractivity contribution is 7.14. The fourth-order valence-electron chi connectivity index (χ4n) is 2.83. The van der Waals surface area contributed by atoms with Gasteiger partial charge in [-0.25, -0.2) is 18.7 Å². The molecule has 4 rings (SSSR count). The lowest BCUT2D eigenvalue weighted by Gasteiger charge is -2.03. The van der Waals surface area contributed by atoms with Crippen molar-refractivity contribution in [1.29, 1.82) is 0 Å². The number of carbonyl (C=O) groups excluding carboxylic acids is 2. The zero-order valence-electron chi connectivity index (χ0n) is 15.6. The molecule has 10 heteroatoms. The molecule has 0 radical (unpaired) electrons. The normalized spacial score (nSPS) is 11.1. The fraction of sp³-hybridized carbons (Fsp3) is 0.100. The van der Waals surface area contributed by atoms with Crippen molar-refractivity contribution in [1.82, 2.24) is 15.0 Å². The first-order chi connectivity index (χ1) is 14.4. The molecule has 0 fully saturated rings. The molecule has 4 aromatic rings. The number of nitrogens with one attached hydrogen (secondary N) is 3. The summed E-state index contributed by atoms with van der Waals surface area (Å²) in [6.07, 6.45) is -2.71. The molecule has 0 aliphatic heterocycles. The number of halogens is 2. The number of anilines is 2. The Hall–Kier alpha value is -3.66. The van der Waals surface area contributed by atoms with Gasteiger partial charge in [-0.2, -0.15) is 0 Å². The summed E-state index contributed by atoms with van der Waals surface area (Å²) >= 11 is 1.26. The molecule has 0 bridgehead atoms. The smallest absolute Gasteiger partial charge is 0.295 e. The molecule has 0 spiro atoms. The minimum absolute atomic E-state index is 0.153. The maximum absolute atomic E-state index is 12.8. The van der Waals surface area contributed by atoms with Gasteiger partial charge in [0.15, 0.2) is 11.0 Å². The second kappa shape index (κ2) is 7.99. The van der Waals surface area contributed by atoms with Crippen LogP contribution in [0.5, 0.6) is 0 Å². The van der Waals surface area contributed by atoms with Gasteiger partial charge in [0.05, 0.1) is 16.7 Å². The number of amides is 2. The number of benzene rings is 2. The van der Waals surface area contributed by atoms with E-state index < -0.39 is 18.2 Å². The van der Waals surface area contributed by atoms with Crippen molar-refractivity contribution in [3.05, 3.63) is 59.2 Å². The number of aromatic amines is 1. The molecule has 0 saturated heterocycles. The van der Waals surface area contributed by atoms with E-state index in [1.165, 1.54) is 36.5 Å². The Morgan fingerprint density at radius 3 is 2.53 bits per heavy atom. The SMILES string of the molecule is CC(=O)Nc1ccc(-c2csc(NC(=O)c3ccc4nc(C(F)F)[nH]c4c3)n2)cc1. The maximum atomic E-state index is 12.8. The second-order valence-electron chi connectivity index (χ2n) is 6.41. The average molecular weight is 427 g/mol. The Labute approximate surface area is 173 Å². The Morgan fingerprint density at radius 1 is 1.07 bits per heavy atom. The van der Waals surface area contributed by atoms with Crippen molar-refractivity contribution in [2.75, 3.05) is 10.6 Å². The van der Waals surface area contributed by atoms with E-state index in [1.54, 1.807) is 17.5 Å². The highest BCUT2D eigenvalue weighted by atomic mass is 32.1. The lowest BCUT2D eigenvalue weighted by atomic mass is 10.1. The second-order valence-corrected chi connectivity index (χ2v) is 7.26. The van der Waals surface area contributed by atoms with Gasteiger partial charge in [-0.15, -0.1) is 11.3 Å². The summed E-state index contributed by atoms with van der Waals surface area (Å²) < 4.78 is 25.5. The topological polar surface area (TPSA) is 99.8 Å². The predicted molar refractivity (Wildman–Crippen MR) is 111 cm³/mol. The van der Waals surface area contributed by atoms with Crippen molar-refractivity contribution in [2.45, 2.75) is 13.3 Å². The van der Waals surface area contributed by atoms with Gasteiger partial charge in [0.2, 0.25) is 5.91 Å². The Kier molecular flexibility index (Phi) is 5.23. The molecule has 0 unspecified atom stereocenters. The zero-order valence-corrected chi connectivity index (χ0v) is 16.4. The van der Waals surface area contributed by atoms with Crippen molar-refractivity contribution in [3.8, 4) is 11.3 Å². The van der Waals surface area contributed by atoms with E-state index in [-0.39, 0.29) is 5.91 Å². The standard InChI is InChI=1S/C20H15F2N5O2S/c1-10(28)23-13-5-2-11(3-6-13)16-9-30-20(26-16)27-19(29)12-4-7-14-15(8-12)25-18(24-14)17(21)22/h2-9,17H,1H3,(H,23,28)(H,24,25)(H,26,27,29). The van der Waals surface area contributed by atoms with E-state index in [0.29, 0.717) is 33.1 Å². The third kappa shape index (κ3) is 4.18. The summed E-state index contributed by atoms with van der Waals surface area (Å²) in [7, 11) is 0. The molecule has 3 N–H and O–H groups in total. The van der Waals surface area contributed by atoms with Gasteiger partial charge in [-0.3, -0.25) is 14.9 Å². The fourth-order valence-corrected chi connectivity index (χ4v) is 3.55. The lowest BCUT2D eigenvalue weighted by Crippen LogP contribution is -2.11. The Balaban J connectivity index is 1.48. The van der Waals surface area contributed by atoms with E-state index in [1.807, 2.05) is 12.1 Å². The number of fused-ring (bicyclic) bond motifs is 1. The van der Waals surface area contributed by atoms with Gasteiger partial charge in [0, 0.05) is 29.1 Å². The van der Waals surface area contributed by atoms with E-state index in [9.17, 15) is 18.4 Å². The summed E-state index contributed by atoms with van der Waals surface area (Å²) in [5.41, 5.74) is 3.20. The Bertz CT molecular complexity index is 1230. The zero-order chi connectivity index (χ0) is 21.3. The molecule has 2 heterocycles. The summed E-state index contributed by atoms with van der Waals surface area (Å²) in [6, 6.07) is 11.7. The van der Waals surface area contributed by atoms with E-state index in [4.69, 9.17) is 0 Å². The number of hydrogen-bond acceptors (Lipinski definition) is 5. The minimum Gasteiger partial charge on any atom is -0.337 e. The van der Waals surface area contributed by atoms with Crippen LogP contribution < -0.4 is 10.6 Å². The number of rotatable bonds is 5. The van der Waals surface area contributed by atoms with Crippen molar-refractivity contribution >= 4 is 45.0 Å². The molecular weight excluding hydrogens is 412 g/mol. The Morgan fingerprint density at radius 2 is 1.83 bits per heavy atom. The number of hydrogen-bond donors (Lipinski definition) is 3. The average Bonchev–Trinajstić information content (AvgIpc) is 3.34. The first-order valence-electron chi connectivity index (χ1n) is 8.82. The van der Waals surface area contributed by atoms with Crippen LogP contribution in [0.1, 0.15) is 29.5 Å². The van der Waals surface area contributed by atoms with E-state index in [2.05, 4.69) is 25.6 Å². The van der Waals surface area contributed by atoms with Crippen LogP contribution in [0.25, 0.3) is 22.3 Å². The summed E-state index contributed by atoms with van der Waals surface area (Å²) in [5.74, 6) is -0.996. The van der Waals surface area contributed by atoms with Crippen LogP contribution in [-0.2, 0) is 4.79 Å². The van der Waals surface area contributed by atoms with Gasteiger partial charge >= 0.3 is 0 Å². The molecular formula is C20H15F2N5O2S. The van der Waals surface area contributed by atoms with Crippen LogP contribution in [0.4, 0.5) is 19.6 Å². The summed E-state index contributed by atoms with van der Waals surface area (Å²) in [4.78, 5) is 34.3. The molecule has 2 amide bonds. The van der Waals surface area contributed by atoms with Gasteiger partial charge in [-0.1, -0.05) is 12.1 Å². The van der Waals surface area contributed by atoms with E-state index in [0.717, 1.165) is 5.56 Å². The molecule has 0 aliphatic carbocycles. The van der Waals surface area contributed by atoms with Gasteiger partial charge < -0.3 is 10.3 Å². The third-order valence-electron chi connectivity index (χ3n) is 4.19. The van der Waals surface area contributed by atoms with Gasteiger partial charge in [0.1, 0.15) is 0 Å². The quantitative estimate of drug-likeness (QED) is 0.425. The van der Waals surface area contributed by atoms with E-state index >= 15 is 0 Å². The molecule has 0 atom stereocenters. The number of aromatic nitrogens is 3. The van der Waals surface area contributed by atoms with Gasteiger partial charge in [0.25, 0.3) is 12.3 Å². The number of imidazole rings is 1. The lowest BCUT2D eigenvalue weighted by molar-refractivity contribution is -0.114. The maximum Gasteiger partial charge on any atom is 0.295 e. The number of alkyl halides is 2. The molecule has 152 valence electrons.